The highest BCUT2D eigenvalue weighted by Gasteiger charge is 2.39. The first kappa shape index (κ1) is 17.2. The predicted molar refractivity (Wildman–Crippen MR) is 110 cm³/mol. The molecule has 1 unspecified atom stereocenters. The van der Waals surface area contributed by atoms with Crippen LogP contribution >= 0.6 is 0 Å². The Kier molecular flexibility index (Phi) is 3.88. The van der Waals surface area contributed by atoms with Crippen LogP contribution in [0.15, 0.2) is 82.8 Å². The van der Waals surface area contributed by atoms with Gasteiger partial charge in [-0.15, -0.1) is 0 Å². The van der Waals surface area contributed by atoms with Gasteiger partial charge in [-0.1, -0.05) is 66.2 Å². The van der Waals surface area contributed by atoms with Crippen molar-refractivity contribution in [1.82, 2.24) is 4.41 Å². The van der Waals surface area contributed by atoms with Crippen molar-refractivity contribution in [2.24, 2.45) is 5.10 Å². The topological polar surface area (TPSA) is 49.7 Å². The molecule has 5 heteroatoms. The van der Waals surface area contributed by atoms with Crippen molar-refractivity contribution >= 4 is 15.7 Å². The number of rotatable bonds is 4. The van der Waals surface area contributed by atoms with E-state index in [4.69, 9.17) is 0 Å². The molecule has 1 atom stereocenters. The van der Waals surface area contributed by atoms with Crippen LogP contribution in [0.1, 0.15) is 33.9 Å². The number of hydrogen-bond donors (Lipinski definition) is 0. The smallest absolute Gasteiger partial charge is 0.200 e. The molecule has 0 amide bonds. The van der Waals surface area contributed by atoms with Crippen LogP contribution in [0.2, 0.25) is 0 Å². The number of hydrogen-bond acceptors (Lipinski definition) is 3. The molecule has 0 aliphatic heterocycles. The molecular weight excluding hydrogens is 368 g/mol. The van der Waals surface area contributed by atoms with E-state index in [9.17, 15) is 8.42 Å². The average Bonchev–Trinajstić information content (AvgIpc) is 2.65. The second-order valence-corrected chi connectivity index (χ2v) is 9.19. The highest BCUT2D eigenvalue weighted by atomic mass is 32.2. The van der Waals surface area contributed by atoms with E-state index in [-0.39, 0.29) is 10.9 Å². The number of aryl methyl sites for hydroxylation is 1. The lowest BCUT2D eigenvalue weighted by atomic mass is 9.83. The Balaban J connectivity index is 1.59. The van der Waals surface area contributed by atoms with Gasteiger partial charge in [-0.25, -0.2) is 0 Å². The Morgan fingerprint density at radius 1 is 0.893 bits per heavy atom. The summed E-state index contributed by atoms with van der Waals surface area (Å²) in [5.74, 6) is 0. The molecule has 5 rings (SSSR count). The molecule has 0 spiro atoms. The van der Waals surface area contributed by atoms with Crippen LogP contribution < -0.4 is 0 Å². The Morgan fingerprint density at radius 2 is 1.57 bits per heavy atom. The molecule has 3 aromatic carbocycles. The minimum atomic E-state index is -3.75. The van der Waals surface area contributed by atoms with Gasteiger partial charge in [0, 0.05) is 18.4 Å². The molecule has 0 saturated carbocycles. The van der Waals surface area contributed by atoms with Crippen LogP contribution in [0.25, 0.3) is 0 Å². The maximum Gasteiger partial charge on any atom is 0.279 e. The first-order valence-electron chi connectivity index (χ1n) is 9.39. The SMILES string of the molecule is Cc1ccc(S(=O)(=O)N(/N=C2\Cc3ccccc32)C2Cc3ccccc32)cc1. The first-order valence-corrected chi connectivity index (χ1v) is 10.8. The zero-order valence-corrected chi connectivity index (χ0v) is 16.4. The molecular formula is C23H20N2O2S. The fourth-order valence-electron chi connectivity index (χ4n) is 3.87. The van der Waals surface area contributed by atoms with Crippen molar-refractivity contribution in [2.45, 2.75) is 30.7 Å². The van der Waals surface area contributed by atoms with E-state index in [1.54, 1.807) is 12.1 Å². The van der Waals surface area contributed by atoms with Crippen molar-refractivity contribution in [2.75, 3.05) is 0 Å². The van der Waals surface area contributed by atoms with Gasteiger partial charge in [0.05, 0.1) is 16.6 Å². The van der Waals surface area contributed by atoms with Gasteiger partial charge in [-0.3, -0.25) is 0 Å². The third-order valence-corrected chi connectivity index (χ3v) is 7.26. The van der Waals surface area contributed by atoms with Gasteiger partial charge in [0.2, 0.25) is 0 Å². The van der Waals surface area contributed by atoms with Crippen LogP contribution in [0.3, 0.4) is 0 Å². The van der Waals surface area contributed by atoms with Gasteiger partial charge < -0.3 is 0 Å². The molecule has 0 radical (unpaired) electrons. The Labute approximate surface area is 165 Å². The molecule has 2 aliphatic rings. The number of hydrazone groups is 1. The lowest BCUT2D eigenvalue weighted by Gasteiger charge is -2.38. The Bertz CT molecular complexity index is 1200. The summed E-state index contributed by atoms with van der Waals surface area (Å²) in [6, 6.07) is 22.7. The van der Waals surface area contributed by atoms with Crippen molar-refractivity contribution in [3.8, 4) is 0 Å². The molecule has 4 nitrogen and oxygen atoms in total. The Morgan fingerprint density at radius 3 is 2.29 bits per heavy atom. The van der Waals surface area contributed by atoms with Crippen LogP contribution in [-0.4, -0.2) is 18.5 Å². The number of sulfonamides is 1. The van der Waals surface area contributed by atoms with Crippen LogP contribution in [-0.2, 0) is 22.9 Å². The third kappa shape index (κ3) is 2.66. The summed E-state index contributed by atoms with van der Waals surface area (Å²) >= 11 is 0. The lowest BCUT2D eigenvalue weighted by Crippen LogP contribution is -2.39. The predicted octanol–water partition coefficient (Wildman–Crippen LogP) is 4.24. The van der Waals surface area contributed by atoms with Gasteiger partial charge in [-0.05, 0) is 35.7 Å². The van der Waals surface area contributed by atoms with Gasteiger partial charge in [0.15, 0.2) is 0 Å². The Hall–Kier alpha value is -2.92. The number of nitrogens with zero attached hydrogens (tertiary/aromatic N) is 2. The first-order chi connectivity index (χ1) is 13.5. The summed E-state index contributed by atoms with van der Waals surface area (Å²) in [6.45, 7) is 1.95. The van der Waals surface area contributed by atoms with Crippen molar-refractivity contribution in [3.63, 3.8) is 0 Å². The summed E-state index contributed by atoms with van der Waals surface area (Å²) in [4.78, 5) is 0.277. The van der Waals surface area contributed by atoms with E-state index in [1.807, 2.05) is 61.5 Å². The molecule has 0 heterocycles. The molecule has 2 aliphatic carbocycles. The average molecular weight is 388 g/mol. The molecule has 28 heavy (non-hydrogen) atoms. The standard InChI is InChI=1S/C23H20N2O2S/c1-16-10-12-19(13-11-16)28(26,27)25(23-15-18-7-3-5-9-21(18)23)24-22-14-17-6-2-4-8-20(17)22/h2-13,23H,14-15H2,1H3/b24-22+. The normalized spacial score (nSPS) is 18.6. The molecule has 0 saturated heterocycles. The summed E-state index contributed by atoms with van der Waals surface area (Å²) in [7, 11) is -3.75. The largest absolute Gasteiger partial charge is 0.279 e. The van der Waals surface area contributed by atoms with Gasteiger partial charge >= 0.3 is 0 Å². The van der Waals surface area contributed by atoms with E-state index in [1.165, 1.54) is 15.5 Å². The summed E-state index contributed by atoms with van der Waals surface area (Å²) in [5, 5.41) is 4.68. The molecule has 3 aromatic rings. The van der Waals surface area contributed by atoms with Crippen molar-refractivity contribution in [1.29, 1.82) is 0 Å². The molecule has 140 valence electrons. The number of fused-ring (bicyclic) bond motifs is 2. The minimum absolute atomic E-state index is 0.261. The van der Waals surface area contributed by atoms with Crippen LogP contribution in [0.5, 0.6) is 0 Å². The van der Waals surface area contributed by atoms with Gasteiger partial charge in [0.1, 0.15) is 0 Å². The summed E-state index contributed by atoms with van der Waals surface area (Å²) in [6.07, 6.45) is 1.38. The molecule has 0 bridgehead atoms. The van der Waals surface area contributed by atoms with Crippen molar-refractivity contribution in [3.05, 3.63) is 101 Å². The quantitative estimate of drug-likeness (QED) is 0.628. The van der Waals surface area contributed by atoms with E-state index < -0.39 is 10.0 Å². The summed E-state index contributed by atoms with van der Waals surface area (Å²) in [5.41, 5.74) is 6.33. The fourth-order valence-corrected chi connectivity index (χ4v) is 5.30. The lowest BCUT2D eigenvalue weighted by molar-refractivity contribution is 0.307. The van der Waals surface area contributed by atoms with E-state index >= 15 is 0 Å². The highest BCUT2D eigenvalue weighted by Crippen LogP contribution is 2.41. The van der Waals surface area contributed by atoms with Gasteiger partial charge in [0.25, 0.3) is 10.0 Å². The zero-order chi connectivity index (χ0) is 19.3. The van der Waals surface area contributed by atoms with E-state index in [0.29, 0.717) is 12.8 Å². The minimum Gasteiger partial charge on any atom is -0.200 e. The van der Waals surface area contributed by atoms with E-state index in [0.717, 1.165) is 22.4 Å². The van der Waals surface area contributed by atoms with Crippen LogP contribution in [0.4, 0.5) is 0 Å². The molecule has 0 N–H and O–H groups in total. The second kappa shape index (κ2) is 6.31. The fraction of sp³-hybridized carbons (Fsp3) is 0.174. The van der Waals surface area contributed by atoms with Crippen LogP contribution in [0, 0.1) is 6.92 Å². The monoisotopic (exact) mass is 388 g/mol. The third-order valence-electron chi connectivity index (χ3n) is 5.56. The maximum atomic E-state index is 13.5. The zero-order valence-electron chi connectivity index (χ0n) is 15.5. The van der Waals surface area contributed by atoms with E-state index in [2.05, 4.69) is 11.2 Å². The highest BCUT2D eigenvalue weighted by molar-refractivity contribution is 7.89. The number of benzene rings is 3. The maximum absolute atomic E-state index is 13.5. The van der Waals surface area contributed by atoms with Crippen molar-refractivity contribution < 1.29 is 8.42 Å². The molecule has 0 fully saturated rings. The van der Waals surface area contributed by atoms with Gasteiger partial charge in [-0.2, -0.15) is 17.9 Å². The molecule has 0 aromatic heterocycles. The second-order valence-electron chi connectivity index (χ2n) is 7.39. The summed E-state index contributed by atoms with van der Waals surface area (Å²) < 4.78 is 28.3.